The fraction of sp³-hybridized carbons (Fsp3) is 0.810. The molecular weight excluding hydrogens is 395 g/mol. The fourth-order valence-electron chi connectivity index (χ4n) is 3.37. The number of halogens is 1. The summed E-state index contributed by atoms with van der Waals surface area (Å²) >= 11 is 2.58. The molecule has 0 spiro atoms. The second kappa shape index (κ2) is 10.9. The number of allylic oxidation sites excluding steroid dienone is 3. The Balaban J connectivity index is 5.47. The topological polar surface area (TPSA) is 20.2 Å². The molecule has 0 saturated carbocycles. The minimum atomic E-state index is -0.303. The predicted molar refractivity (Wildman–Crippen MR) is 113 cm³/mol. The molecule has 0 fully saturated rings. The van der Waals surface area contributed by atoms with Gasteiger partial charge in [-0.05, 0) is 51.0 Å². The highest BCUT2D eigenvalue weighted by Crippen LogP contribution is 2.41. The van der Waals surface area contributed by atoms with E-state index < -0.39 is 0 Å². The van der Waals surface area contributed by atoms with Crippen molar-refractivity contribution in [2.24, 2.45) is 11.8 Å². The van der Waals surface area contributed by atoms with Gasteiger partial charge in [0.05, 0.1) is 9.53 Å². The van der Waals surface area contributed by atoms with Crippen molar-refractivity contribution in [1.29, 1.82) is 0 Å². The molecule has 1 unspecified atom stereocenters. The van der Waals surface area contributed by atoms with Gasteiger partial charge in [0.25, 0.3) is 0 Å². The van der Waals surface area contributed by atoms with E-state index >= 15 is 0 Å². The van der Waals surface area contributed by atoms with E-state index in [2.05, 4.69) is 84.1 Å². The summed E-state index contributed by atoms with van der Waals surface area (Å²) in [6.07, 6.45) is 7.44. The molecule has 0 aliphatic carbocycles. The van der Waals surface area contributed by atoms with Gasteiger partial charge >= 0.3 is 0 Å². The van der Waals surface area contributed by atoms with Gasteiger partial charge in [0.15, 0.2) is 0 Å². The summed E-state index contributed by atoms with van der Waals surface area (Å²) in [5.74, 6) is 1.10. The number of alkyl halides is 1. The molecule has 1 N–H and O–H groups in total. The lowest BCUT2D eigenvalue weighted by Gasteiger charge is -2.33. The van der Waals surface area contributed by atoms with Crippen LogP contribution in [-0.4, -0.2) is 14.6 Å². The first-order valence-corrected chi connectivity index (χ1v) is 10.4. The molecule has 0 aromatic rings. The van der Waals surface area contributed by atoms with Crippen molar-refractivity contribution in [3.63, 3.8) is 0 Å². The van der Waals surface area contributed by atoms with Gasteiger partial charge < -0.3 is 5.11 Å². The Kier molecular flexibility index (Phi) is 11.0. The zero-order valence-corrected chi connectivity index (χ0v) is 18.8. The third kappa shape index (κ3) is 7.29. The third-order valence-corrected chi connectivity index (χ3v) is 6.35. The average molecular weight is 434 g/mol. The Hall–Kier alpha value is 0.170. The molecule has 23 heavy (non-hydrogen) atoms. The third-order valence-electron chi connectivity index (χ3n) is 4.85. The zero-order valence-electron chi connectivity index (χ0n) is 16.7. The van der Waals surface area contributed by atoms with E-state index in [9.17, 15) is 5.11 Å². The summed E-state index contributed by atoms with van der Waals surface area (Å²) in [5.41, 5.74) is 4.08. The van der Waals surface area contributed by atoms with Gasteiger partial charge in [-0.25, -0.2) is 0 Å². The number of rotatable bonds is 10. The van der Waals surface area contributed by atoms with E-state index in [-0.39, 0.29) is 9.53 Å². The standard InChI is InChI=1S/C21H39IO/c1-9-12-18(10-2)21(8,22)17(7)20(16(5)6)19(23)14-11-13-15(3)4/h10,15-16,19,23H,9,11-14H2,1-8H3/b18-10+,20-17-/t19?,21-/m1/s1. The molecule has 136 valence electrons. The normalized spacial score (nSPS) is 18.2. The molecular formula is C21H39IO. The van der Waals surface area contributed by atoms with Crippen LogP contribution in [0.3, 0.4) is 0 Å². The largest absolute Gasteiger partial charge is 0.389 e. The van der Waals surface area contributed by atoms with Gasteiger partial charge in [0.2, 0.25) is 0 Å². The van der Waals surface area contributed by atoms with E-state index in [0.29, 0.717) is 11.8 Å². The Morgan fingerprint density at radius 1 is 1.17 bits per heavy atom. The molecule has 0 amide bonds. The number of hydrogen-bond donors (Lipinski definition) is 1. The summed E-state index contributed by atoms with van der Waals surface area (Å²) in [4.78, 5) is 0. The van der Waals surface area contributed by atoms with Crippen molar-refractivity contribution in [1.82, 2.24) is 0 Å². The molecule has 0 bridgehead atoms. The van der Waals surface area contributed by atoms with Crippen LogP contribution < -0.4 is 0 Å². The highest BCUT2D eigenvalue weighted by Gasteiger charge is 2.31. The number of hydrogen-bond acceptors (Lipinski definition) is 1. The van der Waals surface area contributed by atoms with Crippen molar-refractivity contribution < 1.29 is 5.11 Å². The van der Waals surface area contributed by atoms with Crippen LogP contribution >= 0.6 is 22.6 Å². The first kappa shape index (κ1) is 23.2. The summed E-state index contributed by atoms with van der Waals surface area (Å²) in [5, 5.41) is 10.8. The van der Waals surface area contributed by atoms with Crippen LogP contribution in [0.4, 0.5) is 0 Å². The lowest BCUT2D eigenvalue weighted by molar-refractivity contribution is 0.182. The minimum Gasteiger partial charge on any atom is -0.389 e. The van der Waals surface area contributed by atoms with E-state index in [4.69, 9.17) is 0 Å². The van der Waals surface area contributed by atoms with Gasteiger partial charge in [-0.2, -0.15) is 0 Å². The molecule has 0 heterocycles. The maximum absolute atomic E-state index is 10.8. The molecule has 0 radical (unpaired) electrons. The fourth-order valence-corrected chi connectivity index (χ4v) is 4.27. The Bertz CT molecular complexity index is 402. The van der Waals surface area contributed by atoms with Gasteiger partial charge in [-0.15, -0.1) is 0 Å². The summed E-state index contributed by atoms with van der Waals surface area (Å²) in [6.45, 7) is 17.8. The first-order chi connectivity index (χ1) is 10.6. The molecule has 0 saturated heterocycles. The highest BCUT2D eigenvalue weighted by molar-refractivity contribution is 14.1. The van der Waals surface area contributed by atoms with E-state index in [1.54, 1.807) is 0 Å². The van der Waals surface area contributed by atoms with Crippen LogP contribution in [-0.2, 0) is 0 Å². The van der Waals surface area contributed by atoms with Gasteiger partial charge in [0.1, 0.15) is 0 Å². The van der Waals surface area contributed by atoms with Crippen LogP contribution in [0.5, 0.6) is 0 Å². The molecule has 0 aliphatic heterocycles. The van der Waals surface area contributed by atoms with Gasteiger partial charge in [-0.3, -0.25) is 0 Å². The molecule has 2 atom stereocenters. The van der Waals surface area contributed by atoms with Crippen LogP contribution in [0.15, 0.2) is 22.8 Å². The highest BCUT2D eigenvalue weighted by atomic mass is 127. The zero-order chi connectivity index (χ0) is 18.2. The van der Waals surface area contributed by atoms with Gasteiger partial charge in [-0.1, -0.05) is 93.7 Å². The second-order valence-electron chi connectivity index (χ2n) is 7.64. The quantitative estimate of drug-likeness (QED) is 0.221. The average Bonchev–Trinajstić information content (AvgIpc) is 2.43. The number of aliphatic hydroxyl groups is 1. The SMILES string of the molecule is C/C=C(\CCC)[C@](C)(I)/C(C)=C(/C(C)C)C(O)CCCC(C)C. The Morgan fingerprint density at radius 3 is 2.13 bits per heavy atom. The summed E-state index contributed by atoms with van der Waals surface area (Å²) in [6, 6.07) is 0. The minimum absolute atomic E-state index is 0.00114. The molecule has 0 aromatic carbocycles. The molecule has 2 heteroatoms. The van der Waals surface area contributed by atoms with Gasteiger partial charge in [0, 0.05) is 0 Å². The van der Waals surface area contributed by atoms with Crippen LogP contribution in [0.25, 0.3) is 0 Å². The Labute approximate surface area is 159 Å². The summed E-state index contributed by atoms with van der Waals surface area (Å²) in [7, 11) is 0. The summed E-state index contributed by atoms with van der Waals surface area (Å²) < 4.78 is 0.00114. The lowest BCUT2D eigenvalue weighted by Crippen LogP contribution is -2.27. The van der Waals surface area contributed by atoms with Crippen molar-refractivity contribution in [3.05, 3.63) is 22.8 Å². The van der Waals surface area contributed by atoms with Crippen LogP contribution in [0.2, 0.25) is 0 Å². The van der Waals surface area contributed by atoms with Crippen molar-refractivity contribution in [2.75, 3.05) is 0 Å². The Morgan fingerprint density at radius 2 is 1.74 bits per heavy atom. The monoisotopic (exact) mass is 434 g/mol. The van der Waals surface area contributed by atoms with Crippen LogP contribution in [0, 0.1) is 11.8 Å². The second-order valence-corrected chi connectivity index (χ2v) is 9.80. The van der Waals surface area contributed by atoms with E-state index in [1.165, 1.54) is 29.6 Å². The van der Waals surface area contributed by atoms with E-state index in [1.807, 2.05) is 0 Å². The molecule has 0 rings (SSSR count). The smallest absolute Gasteiger partial charge is 0.0755 e. The first-order valence-electron chi connectivity index (χ1n) is 9.33. The lowest BCUT2D eigenvalue weighted by atomic mass is 9.81. The van der Waals surface area contributed by atoms with Crippen molar-refractivity contribution >= 4 is 22.6 Å². The van der Waals surface area contributed by atoms with Crippen molar-refractivity contribution in [2.45, 2.75) is 97.0 Å². The molecule has 0 aromatic heterocycles. The molecule has 0 aliphatic rings. The van der Waals surface area contributed by atoms with E-state index in [0.717, 1.165) is 19.3 Å². The van der Waals surface area contributed by atoms with Crippen molar-refractivity contribution in [3.8, 4) is 0 Å². The number of aliphatic hydroxyl groups excluding tert-OH is 1. The molecule has 1 nitrogen and oxygen atoms in total. The maximum Gasteiger partial charge on any atom is 0.0755 e. The maximum atomic E-state index is 10.8. The predicted octanol–water partition coefficient (Wildman–Crippen LogP) is 7.09. The van der Waals surface area contributed by atoms with Crippen LogP contribution in [0.1, 0.15) is 87.5 Å².